The highest BCUT2D eigenvalue weighted by molar-refractivity contribution is 5.61. The smallest absolute Gasteiger partial charge is 0.0393 e. The molecule has 0 radical (unpaired) electrons. The average Bonchev–Trinajstić information content (AvgIpc) is 2.33. The molecule has 0 heterocycles. The predicted octanol–water partition coefficient (Wildman–Crippen LogP) is 4.06. The molecule has 0 amide bonds. The van der Waals surface area contributed by atoms with Crippen molar-refractivity contribution in [1.29, 1.82) is 0 Å². The Morgan fingerprint density at radius 3 is 2.59 bits per heavy atom. The summed E-state index contributed by atoms with van der Waals surface area (Å²) in [5.41, 5.74) is 3.85. The number of nitrogens with one attached hydrogen (secondary N) is 2. The van der Waals surface area contributed by atoms with Crippen LogP contribution in [0.15, 0.2) is 30.9 Å². The van der Waals surface area contributed by atoms with Gasteiger partial charge >= 0.3 is 0 Å². The second-order valence-corrected chi connectivity index (χ2v) is 4.11. The van der Waals surface area contributed by atoms with E-state index in [0.29, 0.717) is 0 Å². The molecule has 0 aliphatic rings. The van der Waals surface area contributed by atoms with Crippen LogP contribution in [0.5, 0.6) is 0 Å². The van der Waals surface area contributed by atoms with E-state index in [9.17, 15) is 0 Å². The normalized spacial score (nSPS) is 10.0. The van der Waals surface area contributed by atoms with Crippen LogP contribution >= 0.6 is 0 Å². The van der Waals surface area contributed by atoms with Crippen LogP contribution in [0.3, 0.4) is 0 Å². The minimum Gasteiger partial charge on any atom is -0.385 e. The molecule has 0 aromatic heterocycles. The van der Waals surface area contributed by atoms with Gasteiger partial charge in [-0.2, -0.15) is 0 Å². The fraction of sp³-hybridized carbons (Fsp3) is 0.467. The van der Waals surface area contributed by atoms with Crippen molar-refractivity contribution in [3.05, 3.63) is 36.4 Å². The summed E-state index contributed by atoms with van der Waals surface area (Å²) < 4.78 is 0. The van der Waals surface area contributed by atoms with E-state index in [-0.39, 0.29) is 0 Å². The van der Waals surface area contributed by atoms with Crippen LogP contribution in [-0.2, 0) is 6.42 Å². The fourth-order valence-corrected chi connectivity index (χ4v) is 1.90. The summed E-state index contributed by atoms with van der Waals surface area (Å²) in [6.45, 7) is 9.93. The third kappa shape index (κ3) is 4.51. The van der Waals surface area contributed by atoms with Crippen molar-refractivity contribution in [3.63, 3.8) is 0 Å². The first kappa shape index (κ1) is 13.6. The summed E-state index contributed by atoms with van der Waals surface area (Å²) >= 11 is 0. The number of allylic oxidation sites excluding steroid dienone is 1. The van der Waals surface area contributed by atoms with Gasteiger partial charge < -0.3 is 10.6 Å². The zero-order chi connectivity index (χ0) is 12.5. The largest absolute Gasteiger partial charge is 0.385 e. The first-order valence-electron chi connectivity index (χ1n) is 6.53. The Morgan fingerprint density at radius 2 is 1.94 bits per heavy atom. The van der Waals surface area contributed by atoms with Crippen molar-refractivity contribution in [1.82, 2.24) is 0 Å². The van der Waals surface area contributed by atoms with Gasteiger partial charge in [-0.25, -0.2) is 0 Å². The molecule has 2 N–H and O–H groups in total. The Kier molecular flexibility index (Phi) is 6.23. The molecule has 1 rings (SSSR count). The molecule has 0 bridgehead atoms. The highest BCUT2D eigenvalue weighted by atomic mass is 14.9. The number of unbranched alkanes of at least 4 members (excludes halogenated alkanes) is 1. The van der Waals surface area contributed by atoms with Gasteiger partial charge in [0.05, 0.1) is 0 Å². The highest BCUT2D eigenvalue weighted by Crippen LogP contribution is 2.22. The van der Waals surface area contributed by atoms with Crippen molar-refractivity contribution in [2.24, 2.45) is 0 Å². The zero-order valence-corrected chi connectivity index (χ0v) is 11.1. The molecule has 94 valence electrons. The molecule has 0 unspecified atom stereocenters. The second-order valence-electron chi connectivity index (χ2n) is 4.11. The van der Waals surface area contributed by atoms with E-state index in [1.54, 1.807) is 0 Å². The fourth-order valence-electron chi connectivity index (χ4n) is 1.90. The Labute approximate surface area is 105 Å². The molecule has 0 aliphatic carbocycles. The lowest BCUT2D eigenvalue weighted by atomic mass is 10.0. The Bertz CT molecular complexity index is 345. The number of hydrogen-bond acceptors (Lipinski definition) is 2. The van der Waals surface area contributed by atoms with Crippen molar-refractivity contribution in [2.75, 3.05) is 23.7 Å². The predicted molar refractivity (Wildman–Crippen MR) is 77.9 cm³/mol. The van der Waals surface area contributed by atoms with Gasteiger partial charge in [0.15, 0.2) is 0 Å². The Morgan fingerprint density at radius 1 is 1.18 bits per heavy atom. The Hall–Kier alpha value is -1.44. The topological polar surface area (TPSA) is 24.1 Å². The highest BCUT2D eigenvalue weighted by Gasteiger charge is 2.02. The lowest BCUT2D eigenvalue weighted by molar-refractivity contribution is 0.844. The standard InChI is InChI=1S/C15H24N2/c1-4-7-8-9-13-10-11-14(16-5-2)12-15(13)17-6-3/h4,10-12,16-17H,1,5-9H2,2-3H3. The van der Waals surface area contributed by atoms with E-state index in [1.165, 1.54) is 23.4 Å². The quantitative estimate of drug-likeness (QED) is 0.522. The SMILES string of the molecule is C=CCCCc1ccc(NCC)cc1NCC. The molecular weight excluding hydrogens is 208 g/mol. The molecule has 0 fully saturated rings. The minimum atomic E-state index is 0.960. The monoisotopic (exact) mass is 232 g/mol. The van der Waals surface area contributed by atoms with Gasteiger partial charge in [-0.15, -0.1) is 6.58 Å². The summed E-state index contributed by atoms with van der Waals surface area (Å²) in [6, 6.07) is 6.59. The van der Waals surface area contributed by atoms with Gasteiger partial charge in [-0.1, -0.05) is 12.1 Å². The molecule has 0 spiro atoms. The number of anilines is 2. The summed E-state index contributed by atoms with van der Waals surface area (Å²) in [5.74, 6) is 0. The summed E-state index contributed by atoms with van der Waals surface area (Å²) in [4.78, 5) is 0. The van der Waals surface area contributed by atoms with E-state index < -0.39 is 0 Å². The van der Waals surface area contributed by atoms with E-state index in [2.05, 4.69) is 49.3 Å². The van der Waals surface area contributed by atoms with Crippen LogP contribution in [-0.4, -0.2) is 13.1 Å². The van der Waals surface area contributed by atoms with Crippen LogP contribution in [0.1, 0.15) is 32.3 Å². The molecule has 2 nitrogen and oxygen atoms in total. The third-order valence-electron chi connectivity index (χ3n) is 2.71. The molecule has 2 heteroatoms. The van der Waals surface area contributed by atoms with Crippen LogP contribution < -0.4 is 10.6 Å². The van der Waals surface area contributed by atoms with Gasteiger partial charge in [0, 0.05) is 24.5 Å². The molecule has 0 saturated carbocycles. The first-order chi connectivity index (χ1) is 8.31. The number of benzene rings is 1. The number of rotatable bonds is 8. The van der Waals surface area contributed by atoms with E-state index >= 15 is 0 Å². The van der Waals surface area contributed by atoms with Crippen molar-refractivity contribution >= 4 is 11.4 Å². The zero-order valence-electron chi connectivity index (χ0n) is 11.1. The van der Waals surface area contributed by atoms with Crippen LogP contribution in [0.2, 0.25) is 0 Å². The molecule has 1 aromatic carbocycles. The third-order valence-corrected chi connectivity index (χ3v) is 2.71. The maximum absolute atomic E-state index is 3.76. The number of hydrogen-bond donors (Lipinski definition) is 2. The molecule has 0 saturated heterocycles. The van der Waals surface area contributed by atoms with Gasteiger partial charge in [0.2, 0.25) is 0 Å². The second kappa shape index (κ2) is 7.77. The number of aryl methyl sites for hydroxylation is 1. The summed E-state index contributed by atoms with van der Waals surface area (Å²) in [7, 11) is 0. The maximum Gasteiger partial charge on any atom is 0.0393 e. The van der Waals surface area contributed by atoms with E-state index in [1.807, 2.05) is 6.08 Å². The van der Waals surface area contributed by atoms with Gasteiger partial charge in [-0.3, -0.25) is 0 Å². The molecule has 0 aliphatic heterocycles. The van der Waals surface area contributed by atoms with Crippen molar-refractivity contribution in [3.8, 4) is 0 Å². The van der Waals surface area contributed by atoms with E-state index in [4.69, 9.17) is 0 Å². The first-order valence-corrected chi connectivity index (χ1v) is 6.53. The van der Waals surface area contributed by atoms with E-state index in [0.717, 1.165) is 25.9 Å². The maximum atomic E-state index is 3.76. The molecule has 17 heavy (non-hydrogen) atoms. The summed E-state index contributed by atoms with van der Waals surface area (Å²) in [5, 5.41) is 6.78. The molecule has 0 atom stereocenters. The average molecular weight is 232 g/mol. The molecular formula is C15H24N2. The van der Waals surface area contributed by atoms with Crippen LogP contribution in [0.25, 0.3) is 0 Å². The van der Waals surface area contributed by atoms with Gasteiger partial charge in [0.25, 0.3) is 0 Å². The minimum absolute atomic E-state index is 0.960. The van der Waals surface area contributed by atoms with Gasteiger partial charge in [0.1, 0.15) is 0 Å². The summed E-state index contributed by atoms with van der Waals surface area (Å²) in [6.07, 6.45) is 5.35. The Balaban J connectivity index is 2.75. The van der Waals surface area contributed by atoms with Crippen LogP contribution in [0.4, 0.5) is 11.4 Å². The van der Waals surface area contributed by atoms with Gasteiger partial charge in [-0.05, 0) is 50.8 Å². The van der Waals surface area contributed by atoms with Crippen molar-refractivity contribution < 1.29 is 0 Å². The van der Waals surface area contributed by atoms with Crippen molar-refractivity contribution in [2.45, 2.75) is 33.1 Å². The molecule has 1 aromatic rings. The lowest BCUT2D eigenvalue weighted by Gasteiger charge is -2.13. The van der Waals surface area contributed by atoms with Crippen LogP contribution in [0, 0.1) is 0 Å². The lowest BCUT2D eigenvalue weighted by Crippen LogP contribution is -2.03.